The molecular formula is C38H63N5O8S. The summed E-state index contributed by atoms with van der Waals surface area (Å²) >= 11 is 0. The summed E-state index contributed by atoms with van der Waals surface area (Å²) in [5.41, 5.74) is -0.771. The van der Waals surface area contributed by atoms with Crippen LogP contribution >= 0.6 is 0 Å². The van der Waals surface area contributed by atoms with Crippen molar-refractivity contribution < 1.29 is 37.2 Å². The molecule has 0 spiro atoms. The second-order valence-electron chi connectivity index (χ2n) is 17.3. The van der Waals surface area contributed by atoms with Gasteiger partial charge in [0.15, 0.2) is 5.78 Å². The summed E-state index contributed by atoms with van der Waals surface area (Å²) in [5.74, 6) is -4.24. The van der Waals surface area contributed by atoms with Gasteiger partial charge in [0, 0.05) is 24.9 Å². The van der Waals surface area contributed by atoms with E-state index in [1.54, 1.807) is 18.7 Å². The number of carbonyl (C=O) groups excluding carboxylic acids is 6. The molecular weight excluding hydrogens is 687 g/mol. The van der Waals surface area contributed by atoms with Gasteiger partial charge in [0.05, 0.1) is 18.3 Å². The third-order valence-corrected chi connectivity index (χ3v) is 12.2. The molecule has 13 nitrogen and oxygen atoms in total. The van der Waals surface area contributed by atoms with E-state index in [4.69, 9.17) is 0 Å². The average molecular weight is 750 g/mol. The molecule has 4 rings (SSSR count). The van der Waals surface area contributed by atoms with Crippen LogP contribution in [0.1, 0.15) is 125 Å². The molecule has 52 heavy (non-hydrogen) atoms. The van der Waals surface area contributed by atoms with Crippen LogP contribution in [0.15, 0.2) is 0 Å². The Bertz CT molecular complexity index is 1450. The highest BCUT2D eigenvalue weighted by Crippen LogP contribution is 2.43. The van der Waals surface area contributed by atoms with E-state index in [0.717, 1.165) is 70.5 Å². The highest BCUT2D eigenvalue weighted by atomic mass is 32.2. The molecule has 294 valence electrons. The van der Waals surface area contributed by atoms with Crippen LogP contribution in [-0.2, 0) is 38.8 Å². The normalized spacial score (nSPS) is 24.8. The molecule has 0 bridgehead atoms. The van der Waals surface area contributed by atoms with Crippen LogP contribution in [0, 0.1) is 35.0 Å². The van der Waals surface area contributed by atoms with Crippen molar-refractivity contribution in [1.29, 1.82) is 0 Å². The van der Waals surface area contributed by atoms with Gasteiger partial charge in [-0.1, -0.05) is 73.6 Å². The number of ketones is 2. The predicted octanol–water partition coefficient (Wildman–Crippen LogP) is 3.01. The molecule has 1 heterocycles. The second kappa shape index (κ2) is 17.5. The number of sulfonamides is 1. The smallest absolute Gasteiger partial charge is 0.289 e. The quantitative estimate of drug-likeness (QED) is 0.163. The van der Waals surface area contributed by atoms with E-state index in [-0.39, 0.29) is 48.3 Å². The van der Waals surface area contributed by atoms with Crippen LogP contribution in [0.5, 0.6) is 0 Å². The molecule has 7 atom stereocenters. The van der Waals surface area contributed by atoms with Crippen LogP contribution in [0.25, 0.3) is 0 Å². The zero-order valence-electron chi connectivity index (χ0n) is 32.3. The number of amides is 4. The van der Waals surface area contributed by atoms with Crippen molar-refractivity contribution >= 4 is 45.2 Å². The largest absolute Gasteiger partial charge is 0.347 e. The lowest BCUT2D eigenvalue weighted by Crippen LogP contribution is -2.60. The van der Waals surface area contributed by atoms with E-state index < -0.39 is 74.9 Å². The Morgan fingerprint density at radius 3 is 2.08 bits per heavy atom. The standard InChI is InChI=1S/C38H63N5O8S/c1-8-13-28(32(45)36(48)39-25-18-19-25)40-35(47)31-26-17-12-16-24(26)21-43(31)37(49)33(38(4,5)6)41-34(46)27(23-14-10-9-11-15-23)20-29(44)30(22(2)3)42-52(7,50)51/h22-28,30-31,33,42H,8-21H2,1-7H3,(H,39,48)(H,40,47)(H,41,46)/t24-,26-,27-,28-,30+,31-,33+/m0/s1. The fourth-order valence-electron chi connectivity index (χ4n) is 8.55. The van der Waals surface area contributed by atoms with E-state index in [1.807, 2.05) is 27.7 Å². The van der Waals surface area contributed by atoms with Crippen LogP contribution < -0.4 is 20.7 Å². The van der Waals surface area contributed by atoms with Gasteiger partial charge in [0.2, 0.25) is 33.5 Å². The van der Waals surface area contributed by atoms with Gasteiger partial charge in [-0.3, -0.25) is 28.8 Å². The monoisotopic (exact) mass is 749 g/mol. The highest BCUT2D eigenvalue weighted by molar-refractivity contribution is 7.88. The molecule has 3 saturated carbocycles. The van der Waals surface area contributed by atoms with Crippen molar-refractivity contribution in [2.24, 2.45) is 35.0 Å². The SMILES string of the molecule is CCC[C@H](NC(=O)[C@@H]1[C@H]2CCC[C@H]2CN1C(=O)[C@@H](NC(=O)[C@@H](CC(=O)[C@H](NS(C)(=O)=O)C(C)C)C1CCCCC1)C(C)(C)C)C(=O)C(=O)NC1CC1. The fourth-order valence-corrected chi connectivity index (χ4v) is 9.41. The van der Waals surface area contributed by atoms with Crippen molar-refractivity contribution in [3.8, 4) is 0 Å². The van der Waals surface area contributed by atoms with Crippen LogP contribution in [0.3, 0.4) is 0 Å². The number of likely N-dealkylation sites (tertiary alicyclic amines) is 1. The third-order valence-electron chi connectivity index (χ3n) is 11.5. The summed E-state index contributed by atoms with van der Waals surface area (Å²) in [5, 5.41) is 8.61. The highest BCUT2D eigenvalue weighted by Gasteiger charge is 2.52. The summed E-state index contributed by atoms with van der Waals surface area (Å²) in [6.07, 6.45) is 10.2. The Balaban J connectivity index is 1.58. The zero-order chi connectivity index (χ0) is 38.5. The lowest BCUT2D eigenvalue weighted by molar-refractivity contribution is -0.146. The molecule has 0 aromatic carbocycles. The van der Waals surface area contributed by atoms with E-state index >= 15 is 0 Å². The first-order valence-corrected chi connectivity index (χ1v) is 21.5. The predicted molar refractivity (Wildman–Crippen MR) is 197 cm³/mol. The summed E-state index contributed by atoms with van der Waals surface area (Å²) in [6, 6.07) is -3.88. The first kappa shape index (κ1) is 41.9. The van der Waals surface area contributed by atoms with Crippen molar-refractivity contribution in [2.45, 2.75) is 155 Å². The summed E-state index contributed by atoms with van der Waals surface area (Å²) in [7, 11) is -3.69. The van der Waals surface area contributed by atoms with Crippen LogP contribution in [0.2, 0.25) is 0 Å². The van der Waals surface area contributed by atoms with E-state index in [0.29, 0.717) is 13.0 Å². The maximum Gasteiger partial charge on any atom is 0.289 e. The maximum absolute atomic E-state index is 14.7. The number of hydrogen-bond donors (Lipinski definition) is 4. The van der Waals surface area contributed by atoms with Gasteiger partial charge in [-0.25, -0.2) is 13.1 Å². The van der Waals surface area contributed by atoms with Gasteiger partial charge in [-0.15, -0.1) is 0 Å². The van der Waals surface area contributed by atoms with Gasteiger partial charge >= 0.3 is 0 Å². The molecule has 0 aromatic heterocycles. The number of nitrogens with zero attached hydrogens (tertiary/aromatic N) is 1. The number of hydrogen-bond acceptors (Lipinski definition) is 8. The van der Waals surface area contributed by atoms with Gasteiger partial charge < -0.3 is 20.9 Å². The maximum atomic E-state index is 14.7. The second-order valence-corrected chi connectivity index (χ2v) is 19.1. The zero-order valence-corrected chi connectivity index (χ0v) is 33.1. The lowest BCUT2D eigenvalue weighted by Gasteiger charge is -2.38. The molecule has 14 heteroatoms. The van der Waals surface area contributed by atoms with E-state index in [1.165, 1.54) is 0 Å². The molecule has 0 unspecified atom stereocenters. The van der Waals surface area contributed by atoms with Crippen molar-refractivity contribution in [3.05, 3.63) is 0 Å². The Kier molecular flexibility index (Phi) is 14.1. The number of fused-ring (bicyclic) bond motifs is 1. The summed E-state index contributed by atoms with van der Waals surface area (Å²) < 4.78 is 26.7. The van der Waals surface area contributed by atoms with E-state index in [2.05, 4.69) is 20.7 Å². The molecule has 4 aliphatic rings. The number of Topliss-reactive ketones (excluding diaryl/α,β-unsaturated/α-hetero) is 2. The lowest BCUT2D eigenvalue weighted by atomic mass is 9.76. The van der Waals surface area contributed by atoms with Gasteiger partial charge in [-0.05, 0) is 74.0 Å². The summed E-state index contributed by atoms with van der Waals surface area (Å²) in [4.78, 5) is 84.3. The number of nitrogens with one attached hydrogen (secondary N) is 4. The van der Waals surface area contributed by atoms with E-state index in [9.17, 15) is 37.2 Å². The van der Waals surface area contributed by atoms with Crippen LogP contribution in [0.4, 0.5) is 0 Å². The molecule has 0 aromatic rings. The van der Waals surface area contributed by atoms with Gasteiger partial charge in [0.1, 0.15) is 12.1 Å². The molecule has 1 saturated heterocycles. The molecule has 4 N–H and O–H groups in total. The minimum atomic E-state index is -3.69. The molecule has 1 aliphatic heterocycles. The van der Waals surface area contributed by atoms with Crippen molar-refractivity contribution in [2.75, 3.05) is 12.8 Å². The van der Waals surface area contributed by atoms with Crippen molar-refractivity contribution in [3.63, 3.8) is 0 Å². The molecule has 0 radical (unpaired) electrons. The number of carbonyl (C=O) groups is 6. The fraction of sp³-hybridized carbons (Fsp3) is 0.842. The topological polar surface area (TPSA) is 188 Å². The van der Waals surface area contributed by atoms with Crippen LogP contribution in [-0.4, -0.2) is 91.5 Å². The Labute approximate surface area is 310 Å². The van der Waals surface area contributed by atoms with Gasteiger partial charge in [0.25, 0.3) is 5.91 Å². The molecule has 4 fully saturated rings. The first-order valence-electron chi connectivity index (χ1n) is 19.6. The minimum absolute atomic E-state index is 0.00206. The average Bonchev–Trinajstić information content (AvgIpc) is 3.63. The first-order chi connectivity index (χ1) is 24.3. The minimum Gasteiger partial charge on any atom is -0.347 e. The summed E-state index contributed by atoms with van der Waals surface area (Å²) in [6.45, 7) is 11.3. The molecule has 4 amide bonds. The van der Waals surface area contributed by atoms with Gasteiger partial charge in [-0.2, -0.15) is 0 Å². The third kappa shape index (κ3) is 10.9. The Hall–Kier alpha value is -2.87. The number of rotatable bonds is 17. The Morgan fingerprint density at radius 2 is 1.52 bits per heavy atom. The molecule has 3 aliphatic carbocycles. The Morgan fingerprint density at radius 1 is 0.865 bits per heavy atom. The van der Waals surface area contributed by atoms with Crippen molar-refractivity contribution in [1.82, 2.24) is 25.6 Å².